The van der Waals surface area contributed by atoms with Crippen LogP contribution in [0.5, 0.6) is 0 Å². The average molecular weight is 258 g/mol. The molecule has 1 fully saturated rings. The molecular formula is C12H20ClN3O. The highest BCUT2D eigenvalue weighted by Crippen LogP contribution is 2.15. The molecule has 0 spiro atoms. The number of hydrogen-bond acceptors (Lipinski definition) is 3. The summed E-state index contributed by atoms with van der Waals surface area (Å²) in [7, 11) is 0. The van der Waals surface area contributed by atoms with Gasteiger partial charge in [-0.1, -0.05) is 11.6 Å². The maximum Gasteiger partial charge on any atom is 0.0814 e. The van der Waals surface area contributed by atoms with Gasteiger partial charge in [0.1, 0.15) is 0 Å². The van der Waals surface area contributed by atoms with Crippen molar-refractivity contribution in [1.82, 2.24) is 15.1 Å². The lowest BCUT2D eigenvalue weighted by Gasteiger charge is -2.20. The van der Waals surface area contributed by atoms with Gasteiger partial charge in [0.25, 0.3) is 0 Å². The van der Waals surface area contributed by atoms with Crippen molar-refractivity contribution in [3.8, 4) is 0 Å². The van der Waals surface area contributed by atoms with Crippen LogP contribution in [0.4, 0.5) is 0 Å². The van der Waals surface area contributed by atoms with E-state index in [4.69, 9.17) is 16.3 Å². The van der Waals surface area contributed by atoms with Gasteiger partial charge in [0, 0.05) is 19.2 Å². The minimum absolute atomic E-state index is 0.373. The van der Waals surface area contributed by atoms with E-state index in [1.165, 1.54) is 12.8 Å². The largest absolute Gasteiger partial charge is 0.377 e. The van der Waals surface area contributed by atoms with Crippen molar-refractivity contribution in [2.24, 2.45) is 0 Å². The van der Waals surface area contributed by atoms with Crippen LogP contribution in [0.25, 0.3) is 0 Å². The molecule has 5 heteroatoms. The predicted octanol–water partition coefficient (Wildman–Crippen LogP) is 2.00. The first kappa shape index (κ1) is 12.9. The third-order valence-electron chi connectivity index (χ3n) is 3.36. The standard InChI is InChI=1S/C12H20ClN3O/c1-9(12-4-3-7-17-12)14-5-6-16-10(2)11(13)8-15-16/h8-9,12,14H,3-7H2,1-2H3. The summed E-state index contributed by atoms with van der Waals surface area (Å²) >= 11 is 5.95. The first-order valence-electron chi connectivity index (χ1n) is 6.21. The lowest BCUT2D eigenvalue weighted by atomic mass is 10.1. The summed E-state index contributed by atoms with van der Waals surface area (Å²) in [6, 6.07) is 0.406. The van der Waals surface area contributed by atoms with Crippen LogP contribution in [-0.4, -0.2) is 35.1 Å². The Morgan fingerprint density at radius 1 is 1.71 bits per heavy atom. The summed E-state index contributed by atoms with van der Waals surface area (Å²) in [5.74, 6) is 0. The lowest BCUT2D eigenvalue weighted by molar-refractivity contribution is 0.0834. The van der Waals surface area contributed by atoms with Crippen molar-refractivity contribution in [3.05, 3.63) is 16.9 Å². The maximum absolute atomic E-state index is 5.95. The molecule has 17 heavy (non-hydrogen) atoms. The smallest absolute Gasteiger partial charge is 0.0814 e. The molecular weight excluding hydrogens is 238 g/mol. The summed E-state index contributed by atoms with van der Waals surface area (Å²) in [6.07, 6.45) is 4.42. The van der Waals surface area contributed by atoms with E-state index < -0.39 is 0 Å². The minimum Gasteiger partial charge on any atom is -0.377 e. The fraction of sp³-hybridized carbons (Fsp3) is 0.750. The average Bonchev–Trinajstić information content (AvgIpc) is 2.93. The second kappa shape index (κ2) is 5.85. The molecule has 2 unspecified atom stereocenters. The number of halogens is 1. The van der Waals surface area contributed by atoms with E-state index >= 15 is 0 Å². The number of aromatic nitrogens is 2. The molecule has 4 nitrogen and oxygen atoms in total. The first-order valence-corrected chi connectivity index (χ1v) is 6.59. The quantitative estimate of drug-likeness (QED) is 0.877. The normalized spacial score (nSPS) is 21.9. The van der Waals surface area contributed by atoms with Gasteiger partial charge in [0.15, 0.2) is 0 Å². The van der Waals surface area contributed by atoms with Gasteiger partial charge in [-0.25, -0.2) is 0 Å². The van der Waals surface area contributed by atoms with Crippen molar-refractivity contribution in [1.29, 1.82) is 0 Å². The highest BCUT2D eigenvalue weighted by Gasteiger charge is 2.21. The van der Waals surface area contributed by atoms with Gasteiger partial charge >= 0.3 is 0 Å². The van der Waals surface area contributed by atoms with Gasteiger partial charge in [-0.15, -0.1) is 0 Å². The topological polar surface area (TPSA) is 39.1 Å². The Kier molecular flexibility index (Phi) is 4.42. The molecule has 0 aromatic carbocycles. The molecule has 0 bridgehead atoms. The van der Waals surface area contributed by atoms with Gasteiger partial charge in [0.2, 0.25) is 0 Å². The van der Waals surface area contributed by atoms with Crippen LogP contribution in [0.15, 0.2) is 6.20 Å². The van der Waals surface area contributed by atoms with Gasteiger partial charge in [-0.3, -0.25) is 4.68 Å². The molecule has 1 saturated heterocycles. The number of ether oxygens (including phenoxy) is 1. The highest BCUT2D eigenvalue weighted by molar-refractivity contribution is 6.31. The molecule has 2 heterocycles. The summed E-state index contributed by atoms with van der Waals surface area (Å²) in [5.41, 5.74) is 1.03. The second-order valence-electron chi connectivity index (χ2n) is 4.60. The Bertz CT molecular complexity index is 361. The van der Waals surface area contributed by atoms with Crippen LogP contribution < -0.4 is 5.32 Å². The van der Waals surface area contributed by atoms with Crippen LogP contribution in [0.3, 0.4) is 0 Å². The van der Waals surface area contributed by atoms with E-state index in [9.17, 15) is 0 Å². The van der Waals surface area contributed by atoms with Crippen LogP contribution >= 0.6 is 11.6 Å². The number of rotatable bonds is 5. The molecule has 0 aliphatic carbocycles. The highest BCUT2D eigenvalue weighted by atomic mass is 35.5. The van der Waals surface area contributed by atoms with Crippen LogP contribution in [0.1, 0.15) is 25.5 Å². The molecule has 1 aromatic heterocycles. The lowest BCUT2D eigenvalue weighted by Crippen LogP contribution is -2.38. The fourth-order valence-corrected chi connectivity index (χ4v) is 2.32. The molecule has 0 radical (unpaired) electrons. The van der Waals surface area contributed by atoms with Gasteiger partial charge < -0.3 is 10.1 Å². The molecule has 0 saturated carbocycles. The Labute approximate surface area is 107 Å². The third kappa shape index (κ3) is 3.21. The summed E-state index contributed by atoms with van der Waals surface area (Å²) in [4.78, 5) is 0. The summed E-state index contributed by atoms with van der Waals surface area (Å²) in [5, 5.41) is 8.44. The first-order chi connectivity index (χ1) is 8.18. The van der Waals surface area contributed by atoms with Crippen molar-refractivity contribution < 1.29 is 4.74 Å². The van der Waals surface area contributed by atoms with Crippen molar-refractivity contribution in [2.75, 3.05) is 13.2 Å². The van der Waals surface area contributed by atoms with E-state index in [1.807, 2.05) is 11.6 Å². The molecule has 96 valence electrons. The van der Waals surface area contributed by atoms with Crippen molar-refractivity contribution in [3.63, 3.8) is 0 Å². The van der Waals surface area contributed by atoms with Gasteiger partial charge in [-0.05, 0) is 26.7 Å². The zero-order valence-electron chi connectivity index (χ0n) is 10.4. The number of hydrogen-bond donors (Lipinski definition) is 1. The van der Waals surface area contributed by atoms with E-state index in [2.05, 4.69) is 17.3 Å². The van der Waals surface area contributed by atoms with Crippen molar-refractivity contribution in [2.45, 2.75) is 45.4 Å². The van der Waals surface area contributed by atoms with Gasteiger partial charge in [-0.2, -0.15) is 5.10 Å². The zero-order chi connectivity index (χ0) is 12.3. The molecule has 1 aromatic rings. The SMILES string of the molecule is Cc1c(Cl)cnn1CCNC(C)C1CCCO1. The Morgan fingerprint density at radius 3 is 3.12 bits per heavy atom. The second-order valence-corrected chi connectivity index (χ2v) is 5.00. The van der Waals surface area contributed by atoms with Crippen LogP contribution in [0, 0.1) is 6.92 Å². The van der Waals surface area contributed by atoms with Crippen LogP contribution in [-0.2, 0) is 11.3 Å². The summed E-state index contributed by atoms with van der Waals surface area (Å²) in [6.45, 7) is 6.80. The third-order valence-corrected chi connectivity index (χ3v) is 3.73. The predicted molar refractivity (Wildman–Crippen MR) is 68.4 cm³/mol. The Balaban J connectivity index is 1.73. The molecule has 1 aliphatic heterocycles. The molecule has 2 atom stereocenters. The Morgan fingerprint density at radius 2 is 2.53 bits per heavy atom. The minimum atomic E-state index is 0.373. The molecule has 0 amide bonds. The number of nitrogens with one attached hydrogen (secondary N) is 1. The summed E-state index contributed by atoms with van der Waals surface area (Å²) < 4.78 is 7.57. The van der Waals surface area contributed by atoms with Gasteiger partial charge in [0.05, 0.1) is 29.6 Å². The fourth-order valence-electron chi connectivity index (χ4n) is 2.18. The molecule has 1 aliphatic rings. The van der Waals surface area contributed by atoms with E-state index in [0.29, 0.717) is 12.1 Å². The Hall–Kier alpha value is -0.580. The molecule has 2 rings (SSSR count). The van der Waals surface area contributed by atoms with E-state index in [0.717, 1.165) is 30.4 Å². The molecule has 1 N–H and O–H groups in total. The van der Waals surface area contributed by atoms with Crippen molar-refractivity contribution >= 4 is 11.6 Å². The zero-order valence-corrected chi connectivity index (χ0v) is 11.2. The maximum atomic E-state index is 5.95. The number of nitrogens with zero attached hydrogens (tertiary/aromatic N) is 2. The van der Waals surface area contributed by atoms with E-state index in [-0.39, 0.29) is 0 Å². The van der Waals surface area contributed by atoms with E-state index in [1.54, 1.807) is 6.20 Å². The monoisotopic (exact) mass is 257 g/mol. The van der Waals surface area contributed by atoms with Crippen LogP contribution in [0.2, 0.25) is 5.02 Å².